The summed E-state index contributed by atoms with van der Waals surface area (Å²) in [6.45, 7) is 10.9. The third kappa shape index (κ3) is 3.63. The van der Waals surface area contributed by atoms with Crippen molar-refractivity contribution in [1.29, 1.82) is 0 Å². The highest BCUT2D eigenvalue weighted by Crippen LogP contribution is 2.50. The number of rotatable bonds is 5. The zero-order valence-corrected chi connectivity index (χ0v) is 16.5. The quantitative estimate of drug-likeness (QED) is 0.557. The molecule has 136 valence electrons. The first kappa shape index (κ1) is 19.3. The van der Waals surface area contributed by atoms with E-state index in [4.69, 9.17) is 13.9 Å². The van der Waals surface area contributed by atoms with E-state index in [1.165, 1.54) is 6.92 Å². The average Bonchev–Trinajstić information content (AvgIpc) is 2.38. The molecule has 1 aliphatic carbocycles. The molecule has 7 heteroatoms. The van der Waals surface area contributed by atoms with Gasteiger partial charge < -0.3 is 18.7 Å². The average molecular weight is 356 g/mol. The van der Waals surface area contributed by atoms with E-state index in [1.54, 1.807) is 13.8 Å². The molecule has 1 saturated carbocycles. The first-order chi connectivity index (χ1) is 10.8. The molecule has 1 heterocycles. The molecular formula is C17H28O6Si. The summed E-state index contributed by atoms with van der Waals surface area (Å²) >= 11 is 0. The summed E-state index contributed by atoms with van der Waals surface area (Å²) in [4.78, 5) is 36.1. The van der Waals surface area contributed by atoms with Crippen LogP contribution >= 0.6 is 0 Å². The summed E-state index contributed by atoms with van der Waals surface area (Å²) < 4.78 is 18.4. The lowest BCUT2D eigenvalue weighted by molar-refractivity contribution is -0.360. The predicted octanol–water partition coefficient (Wildman–Crippen LogP) is 2.75. The monoisotopic (exact) mass is 356 g/mol. The summed E-state index contributed by atoms with van der Waals surface area (Å²) in [5.74, 6) is -1.75. The minimum atomic E-state index is -2.10. The van der Waals surface area contributed by atoms with Crippen LogP contribution in [0.5, 0.6) is 0 Å². The van der Waals surface area contributed by atoms with Crippen molar-refractivity contribution in [3.8, 4) is 0 Å². The van der Waals surface area contributed by atoms with Crippen molar-refractivity contribution >= 4 is 25.9 Å². The highest BCUT2D eigenvalue weighted by molar-refractivity contribution is 6.69. The standard InChI is InChI=1S/C17H28O6Si/c1-12(18)7-9-15(2)14(20)21-16(3)10-8-13(19)11-17(16,22-15)23-24(4,5)6/h7-11H2,1-6H3/t15-,16+,17+/m1/s1. The molecule has 0 amide bonds. The van der Waals surface area contributed by atoms with Gasteiger partial charge in [0.05, 0.1) is 6.42 Å². The molecule has 6 nitrogen and oxygen atoms in total. The van der Waals surface area contributed by atoms with Crippen LogP contribution in [0.4, 0.5) is 0 Å². The molecule has 0 aromatic carbocycles. The van der Waals surface area contributed by atoms with Gasteiger partial charge in [-0.05, 0) is 53.3 Å². The van der Waals surface area contributed by atoms with Gasteiger partial charge in [0, 0.05) is 12.8 Å². The zero-order chi connectivity index (χ0) is 18.4. The van der Waals surface area contributed by atoms with Crippen molar-refractivity contribution in [2.75, 3.05) is 0 Å². The fourth-order valence-electron chi connectivity index (χ4n) is 3.32. The van der Waals surface area contributed by atoms with Crippen LogP contribution in [-0.4, -0.2) is 42.8 Å². The number of hydrogen-bond donors (Lipinski definition) is 0. The topological polar surface area (TPSA) is 78.9 Å². The van der Waals surface area contributed by atoms with E-state index < -0.39 is 31.3 Å². The molecule has 1 aliphatic heterocycles. The Morgan fingerprint density at radius 3 is 2.42 bits per heavy atom. The minimum Gasteiger partial charge on any atom is -0.451 e. The highest BCUT2D eigenvalue weighted by Gasteiger charge is 2.66. The van der Waals surface area contributed by atoms with Gasteiger partial charge in [0.15, 0.2) is 19.5 Å². The SMILES string of the molecule is CC(=O)CC[C@@]1(C)O[C@]2(O[Si](C)(C)C)CC(=O)CC[C@]2(C)OC1=O. The molecule has 0 bridgehead atoms. The van der Waals surface area contributed by atoms with Crippen LogP contribution in [-0.2, 0) is 28.3 Å². The minimum absolute atomic E-state index is 0.0270. The van der Waals surface area contributed by atoms with Gasteiger partial charge in [0.25, 0.3) is 0 Å². The zero-order valence-electron chi connectivity index (χ0n) is 15.5. The Balaban J connectivity index is 2.42. The molecule has 0 spiro atoms. The molecular weight excluding hydrogens is 328 g/mol. The molecule has 1 saturated heterocycles. The van der Waals surface area contributed by atoms with Gasteiger partial charge in [0.2, 0.25) is 5.79 Å². The van der Waals surface area contributed by atoms with E-state index in [0.717, 1.165) is 0 Å². The molecule has 2 fully saturated rings. The maximum absolute atomic E-state index is 12.6. The Hall–Kier alpha value is -1.05. The maximum Gasteiger partial charge on any atom is 0.339 e. The van der Waals surface area contributed by atoms with Crippen molar-refractivity contribution in [1.82, 2.24) is 0 Å². The largest absolute Gasteiger partial charge is 0.451 e. The molecule has 0 N–H and O–H groups in total. The van der Waals surface area contributed by atoms with Crippen LogP contribution in [0.1, 0.15) is 52.9 Å². The van der Waals surface area contributed by atoms with E-state index in [1.807, 2.05) is 19.6 Å². The molecule has 0 aromatic heterocycles. The van der Waals surface area contributed by atoms with Gasteiger partial charge in [-0.15, -0.1) is 0 Å². The van der Waals surface area contributed by atoms with E-state index in [0.29, 0.717) is 12.8 Å². The van der Waals surface area contributed by atoms with Crippen LogP contribution in [0, 0.1) is 0 Å². The fraction of sp³-hybridized carbons (Fsp3) is 0.824. The summed E-state index contributed by atoms with van der Waals surface area (Å²) in [6.07, 6.45) is 1.21. The van der Waals surface area contributed by atoms with Crippen LogP contribution in [0.3, 0.4) is 0 Å². The van der Waals surface area contributed by atoms with Gasteiger partial charge in [-0.2, -0.15) is 0 Å². The third-order valence-corrected chi connectivity index (χ3v) is 5.62. The number of carbonyl (C=O) groups is 3. The van der Waals surface area contributed by atoms with Gasteiger partial charge in [-0.25, -0.2) is 4.79 Å². The Labute approximate surface area is 144 Å². The van der Waals surface area contributed by atoms with Gasteiger partial charge in [-0.3, -0.25) is 4.79 Å². The predicted molar refractivity (Wildman–Crippen MR) is 89.9 cm³/mol. The fourth-order valence-corrected chi connectivity index (χ4v) is 4.64. The molecule has 2 rings (SSSR count). The van der Waals surface area contributed by atoms with Crippen molar-refractivity contribution in [3.05, 3.63) is 0 Å². The van der Waals surface area contributed by atoms with E-state index >= 15 is 0 Å². The Morgan fingerprint density at radius 2 is 1.88 bits per heavy atom. The summed E-state index contributed by atoms with van der Waals surface area (Å²) in [6, 6.07) is 0. The van der Waals surface area contributed by atoms with E-state index in [-0.39, 0.29) is 30.8 Å². The Morgan fingerprint density at radius 1 is 1.25 bits per heavy atom. The lowest BCUT2D eigenvalue weighted by Gasteiger charge is -2.57. The summed E-state index contributed by atoms with van der Waals surface area (Å²) in [5.41, 5.74) is -2.28. The number of hydrogen-bond acceptors (Lipinski definition) is 6. The molecule has 24 heavy (non-hydrogen) atoms. The number of fused-ring (bicyclic) bond motifs is 1. The van der Waals surface area contributed by atoms with Gasteiger partial charge >= 0.3 is 5.97 Å². The molecule has 3 atom stereocenters. The van der Waals surface area contributed by atoms with Crippen molar-refractivity contribution in [3.63, 3.8) is 0 Å². The van der Waals surface area contributed by atoms with E-state index in [9.17, 15) is 14.4 Å². The maximum atomic E-state index is 12.6. The Kier molecular flexibility index (Phi) is 4.85. The molecule has 0 radical (unpaired) electrons. The van der Waals surface area contributed by atoms with E-state index in [2.05, 4.69) is 0 Å². The Bertz CT molecular complexity index is 568. The highest BCUT2D eigenvalue weighted by atomic mass is 28.4. The van der Waals surface area contributed by atoms with Crippen molar-refractivity contribution < 1.29 is 28.3 Å². The molecule has 0 unspecified atom stereocenters. The molecule has 0 aromatic rings. The third-order valence-electron chi connectivity index (χ3n) is 4.68. The van der Waals surface area contributed by atoms with Crippen LogP contribution in [0.25, 0.3) is 0 Å². The molecule has 2 aliphatic rings. The summed E-state index contributed by atoms with van der Waals surface area (Å²) in [5, 5.41) is 0. The van der Waals surface area contributed by atoms with Gasteiger partial charge in [0.1, 0.15) is 11.6 Å². The smallest absolute Gasteiger partial charge is 0.339 e. The van der Waals surface area contributed by atoms with Crippen LogP contribution in [0.15, 0.2) is 0 Å². The van der Waals surface area contributed by atoms with Crippen molar-refractivity contribution in [2.24, 2.45) is 0 Å². The van der Waals surface area contributed by atoms with Crippen molar-refractivity contribution in [2.45, 2.75) is 89.5 Å². The lowest BCUT2D eigenvalue weighted by atomic mass is 9.77. The lowest BCUT2D eigenvalue weighted by Crippen LogP contribution is -2.72. The normalized spacial score (nSPS) is 36.9. The van der Waals surface area contributed by atoms with Gasteiger partial charge in [-0.1, -0.05) is 0 Å². The second-order valence-electron chi connectivity index (χ2n) is 8.34. The summed E-state index contributed by atoms with van der Waals surface area (Å²) in [7, 11) is -2.10. The number of ether oxygens (including phenoxy) is 2. The number of Topliss-reactive ketones (excluding diaryl/α,β-unsaturated/α-hetero) is 2. The van der Waals surface area contributed by atoms with Crippen LogP contribution in [0.2, 0.25) is 19.6 Å². The first-order valence-corrected chi connectivity index (χ1v) is 11.9. The number of carbonyl (C=O) groups excluding carboxylic acids is 3. The second-order valence-corrected chi connectivity index (χ2v) is 12.8. The number of esters is 1. The second kappa shape index (κ2) is 6.03. The first-order valence-electron chi connectivity index (χ1n) is 8.46. The van der Waals surface area contributed by atoms with Crippen LogP contribution < -0.4 is 0 Å². The number of ketones is 2.